The lowest BCUT2D eigenvalue weighted by atomic mass is 9.79. The molecule has 0 radical (unpaired) electrons. The van der Waals surface area contributed by atoms with Gasteiger partial charge >= 0.3 is 11.9 Å². The zero-order valence-electron chi connectivity index (χ0n) is 16.4. The van der Waals surface area contributed by atoms with E-state index in [1.54, 1.807) is 0 Å². The summed E-state index contributed by atoms with van der Waals surface area (Å²) in [6.45, 7) is 6.56. The number of carbonyl (C=O) groups excluding carboxylic acids is 2. The Hall–Kier alpha value is -1.84. The number of hydrogen-bond donors (Lipinski definition) is 0. The molecular weight excluding hydrogens is 328 g/mol. The summed E-state index contributed by atoms with van der Waals surface area (Å²) in [4.78, 5) is 25.2. The van der Waals surface area contributed by atoms with Gasteiger partial charge in [0.25, 0.3) is 0 Å². The van der Waals surface area contributed by atoms with Crippen molar-refractivity contribution in [1.82, 2.24) is 0 Å². The molecule has 4 nitrogen and oxygen atoms in total. The summed E-state index contributed by atoms with van der Waals surface area (Å²) in [6.07, 6.45) is 7.60. The van der Waals surface area contributed by atoms with Crippen LogP contribution < -0.4 is 4.74 Å². The Labute approximate surface area is 157 Å². The minimum Gasteiger partial charge on any atom is -0.465 e. The summed E-state index contributed by atoms with van der Waals surface area (Å²) in [5.74, 6) is -0.739. The molecule has 2 rings (SSSR count). The third kappa shape index (κ3) is 6.15. The van der Waals surface area contributed by atoms with Crippen molar-refractivity contribution >= 4 is 11.9 Å². The first-order chi connectivity index (χ1) is 12.5. The van der Waals surface area contributed by atoms with Crippen LogP contribution in [0, 0.1) is 25.7 Å². The first-order valence-electron chi connectivity index (χ1n) is 9.98. The van der Waals surface area contributed by atoms with Crippen LogP contribution >= 0.6 is 0 Å². The van der Waals surface area contributed by atoms with Gasteiger partial charge in [-0.2, -0.15) is 0 Å². The first kappa shape index (κ1) is 20.5. The molecule has 1 saturated carbocycles. The normalized spacial score (nSPS) is 19.8. The fraction of sp³-hybridized carbons (Fsp3) is 0.636. The number of hydrogen-bond acceptors (Lipinski definition) is 4. The van der Waals surface area contributed by atoms with Crippen LogP contribution in [0.1, 0.15) is 69.4 Å². The van der Waals surface area contributed by atoms with Crippen LogP contribution in [0.2, 0.25) is 0 Å². The second-order valence-corrected chi connectivity index (χ2v) is 7.47. The second-order valence-electron chi connectivity index (χ2n) is 7.47. The zero-order valence-corrected chi connectivity index (χ0v) is 16.4. The van der Waals surface area contributed by atoms with E-state index in [-0.39, 0.29) is 17.9 Å². The Morgan fingerprint density at radius 2 is 1.54 bits per heavy atom. The lowest BCUT2D eigenvalue weighted by molar-refractivity contribution is -0.158. The smallest absolute Gasteiger partial charge is 0.315 e. The molecule has 4 heteroatoms. The van der Waals surface area contributed by atoms with Crippen molar-refractivity contribution in [3.63, 3.8) is 0 Å². The van der Waals surface area contributed by atoms with Crippen molar-refractivity contribution in [1.29, 1.82) is 0 Å². The highest BCUT2D eigenvalue weighted by atomic mass is 16.5. The van der Waals surface area contributed by atoms with Crippen molar-refractivity contribution in [3.05, 3.63) is 29.3 Å². The highest BCUT2D eigenvalue weighted by Gasteiger charge is 2.38. The van der Waals surface area contributed by atoms with E-state index >= 15 is 0 Å². The molecule has 144 valence electrons. The molecular formula is C22H32O4. The van der Waals surface area contributed by atoms with Gasteiger partial charge < -0.3 is 9.47 Å². The van der Waals surface area contributed by atoms with Crippen LogP contribution in [0.5, 0.6) is 5.75 Å². The van der Waals surface area contributed by atoms with Gasteiger partial charge in [0.1, 0.15) is 5.75 Å². The van der Waals surface area contributed by atoms with E-state index in [2.05, 4.69) is 6.92 Å². The van der Waals surface area contributed by atoms with Crippen LogP contribution in [-0.4, -0.2) is 18.5 Å². The van der Waals surface area contributed by atoms with Gasteiger partial charge in [0.15, 0.2) is 0 Å². The molecule has 1 fully saturated rings. The Morgan fingerprint density at radius 1 is 0.923 bits per heavy atom. The third-order valence-corrected chi connectivity index (χ3v) is 5.03. The van der Waals surface area contributed by atoms with Gasteiger partial charge in [-0.15, -0.1) is 0 Å². The maximum Gasteiger partial charge on any atom is 0.315 e. The van der Waals surface area contributed by atoms with Crippen molar-refractivity contribution in [2.45, 2.75) is 72.1 Å². The summed E-state index contributed by atoms with van der Waals surface area (Å²) < 4.78 is 11.1. The molecule has 0 aliphatic heterocycles. The highest BCUT2D eigenvalue weighted by molar-refractivity contribution is 5.83. The van der Waals surface area contributed by atoms with Crippen LogP contribution in [-0.2, 0) is 14.3 Å². The number of esters is 2. The van der Waals surface area contributed by atoms with Crippen LogP contribution in [0.15, 0.2) is 18.2 Å². The Balaban J connectivity index is 1.93. The minimum atomic E-state index is -0.396. The Morgan fingerprint density at radius 3 is 2.15 bits per heavy atom. The SMILES string of the molecule is CCCCCCOC(=O)C1CCCCC1C(=O)Oc1cc(C)cc(C)c1. The van der Waals surface area contributed by atoms with E-state index in [1.165, 1.54) is 0 Å². The van der Waals surface area contributed by atoms with Gasteiger partial charge in [-0.3, -0.25) is 9.59 Å². The molecule has 1 aliphatic carbocycles. The van der Waals surface area contributed by atoms with Crippen molar-refractivity contribution in [2.75, 3.05) is 6.61 Å². The van der Waals surface area contributed by atoms with Crippen molar-refractivity contribution in [2.24, 2.45) is 11.8 Å². The maximum absolute atomic E-state index is 12.7. The molecule has 0 heterocycles. The van der Waals surface area contributed by atoms with Gasteiger partial charge in [0, 0.05) is 0 Å². The average Bonchev–Trinajstić information content (AvgIpc) is 2.60. The molecule has 1 aliphatic rings. The number of benzene rings is 1. The second kappa shape index (κ2) is 10.3. The predicted octanol–water partition coefficient (Wildman–Crippen LogP) is 5.14. The molecule has 1 aromatic rings. The number of unbranched alkanes of at least 4 members (excludes halogenated alkanes) is 3. The predicted molar refractivity (Wildman–Crippen MR) is 102 cm³/mol. The molecule has 0 N–H and O–H groups in total. The summed E-state index contributed by atoms with van der Waals surface area (Å²) in [6, 6.07) is 5.75. The van der Waals surface area contributed by atoms with Crippen LogP contribution in [0.4, 0.5) is 0 Å². The van der Waals surface area contributed by atoms with E-state index < -0.39 is 5.92 Å². The summed E-state index contributed by atoms with van der Waals surface area (Å²) >= 11 is 0. The van der Waals surface area contributed by atoms with Crippen LogP contribution in [0.3, 0.4) is 0 Å². The topological polar surface area (TPSA) is 52.6 Å². The number of ether oxygens (including phenoxy) is 2. The molecule has 26 heavy (non-hydrogen) atoms. The molecule has 2 atom stereocenters. The Bertz CT molecular complexity index is 588. The van der Waals surface area contributed by atoms with Crippen LogP contribution in [0.25, 0.3) is 0 Å². The summed E-state index contributed by atoms with van der Waals surface area (Å²) in [7, 11) is 0. The molecule has 1 aromatic carbocycles. The lowest BCUT2D eigenvalue weighted by Crippen LogP contribution is -2.36. The number of rotatable bonds is 8. The number of carbonyl (C=O) groups is 2. The van der Waals surface area contributed by atoms with Gasteiger partial charge in [-0.1, -0.05) is 45.1 Å². The summed E-state index contributed by atoms with van der Waals surface area (Å²) in [5, 5.41) is 0. The minimum absolute atomic E-state index is 0.233. The molecule has 0 amide bonds. The summed E-state index contributed by atoms with van der Waals surface area (Å²) in [5.41, 5.74) is 2.11. The molecule has 0 spiro atoms. The largest absolute Gasteiger partial charge is 0.465 e. The van der Waals surface area contributed by atoms with E-state index in [0.29, 0.717) is 25.2 Å². The number of aryl methyl sites for hydroxylation is 2. The molecule has 2 unspecified atom stereocenters. The van der Waals surface area contributed by atoms with Gasteiger partial charge in [-0.25, -0.2) is 0 Å². The zero-order chi connectivity index (χ0) is 18.9. The van der Waals surface area contributed by atoms with Crippen molar-refractivity contribution < 1.29 is 19.1 Å². The van der Waals surface area contributed by atoms with E-state index in [0.717, 1.165) is 49.7 Å². The standard InChI is InChI=1S/C22H32O4/c1-4-5-6-9-12-25-21(23)19-10-7-8-11-20(19)22(24)26-18-14-16(2)13-17(3)15-18/h13-15,19-20H,4-12H2,1-3H3. The first-order valence-corrected chi connectivity index (χ1v) is 9.98. The van der Waals surface area contributed by atoms with Gasteiger partial charge in [-0.05, 0) is 56.4 Å². The Kier molecular flexibility index (Phi) is 8.14. The monoisotopic (exact) mass is 360 g/mol. The van der Waals surface area contributed by atoms with E-state index in [4.69, 9.17) is 9.47 Å². The van der Waals surface area contributed by atoms with Gasteiger partial charge in [0.05, 0.1) is 18.4 Å². The average molecular weight is 360 g/mol. The lowest BCUT2D eigenvalue weighted by Gasteiger charge is -2.28. The van der Waals surface area contributed by atoms with Crippen molar-refractivity contribution in [3.8, 4) is 5.75 Å². The fourth-order valence-corrected chi connectivity index (χ4v) is 3.69. The fourth-order valence-electron chi connectivity index (χ4n) is 3.69. The molecule has 0 aromatic heterocycles. The maximum atomic E-state index is 12.7. The van der Waals surface area contributed by atoms with E-state index in [1.807, 2.05) is 32.0 Å². The molecule has 0 bridgehead atoms. The highest BCUT2D eigenvalue weighted by Crippen LogP contribution is 2.32. The quantitative estimate of drug-likeness (QED) is 0.366. The third-order valence-electron chi connectivity index (χ3n) is 5.03. The van der Waals surface area contributed by atoms with E-state index in [9.17, 15) is 9.59 Å². The molecule has 0 saturated heterocycles. The van der Waals surface area contributed by atoms with Gasteiger partial charge in [0.2, 0.25) is 0 Å².